The molecule has 1 aliphatic rings. The standard InChI is InChI=1S/C23H35NO3/c1-15-12-16(2)19(17(3)13-15)14-20(25)24-23(21(26)27-7)10-8-18(9-11-23)22(4,5)6/h12-13,18H,8-11,14H2,1-7H3,(H,24,25). The van der Waals surface area contributed by atoms with E-state index in [0.29, 0.717) is 25.2 Å². The van der Waals surface area contributed by atoms with Gasteiger partial charge in [0, 0.05) is 0 Å². The lowest BCUT2D eigenvalue weighted by molar-refractivity contribution is -0.153. The smallest absolute Gasteiger partial charge is 0.331 e. The zero-order valence-corrected chi connectivity index (χ0v) is 18.0. The van der Waals surface area contributed by atoms with Crippen LogP contribution in [0, 0.1) is 32.1 Å². The molecule has 27 heavy (non-hydrogen) atoms. The number of esters is 1. The summed E-state index contributed by atoms with van der Waals surface area (Å²) in [6, 6.07) is 4.19. The van der Waals surface area contributed by atoms with E-state index in [1.165, 1.54) is 12.7 Å². The highest BCUT2D eigenvalue weighted by atomic mass is 16.5. The second-order valence-electron chi connectivity index (χ2n) is 9.32. The third kappa shape index (κ3) is 4.91. The zero-order chi connectivity index (χ0) is 20.4. The van der Waals surface area contributed by atoms with Crippen molar-refractivity contribution in [3.8, 4) is 0 Å². The summed E-state index contributed by atoms with van der Waals surface area (Å²) in [6.07, 6.45) is 3.40. The number of aryl methyl sites for hydroxylation is 3. The molecule has 0 spiro atoms. The van der Waals surface area contributed by atoms with Gasteiger partial charge in [0.25, 0.3) is 0 Å². The summed E-state index contributed by atoms with van der Waals surface area (Å²) in [5.41, 5.74) is 3.79. The number of benzene rings is 1. The van der Waals surface area contributed by atoms with Crippen molar-refractivity contribution in [1.29, 1.82) is 0 Å². The molecule has 2 rings (SSSR count). The van der Waals surface area contributed by atoms with Crippen LogP contribution in [0.1, 0.15) is 68.7 Å². The van der Waals surface area contributed by atoms with Gasteiger partial charge in [-0.25, -0.2) is 4.79 Å². The molecule has 1 N–H and O–H groups in total. The van der Waals surface area contributed by atoms with Crippen LogP contribution in [0.4, 0.5) is 0 Å². The molecule has 0 aromatic heterocycles. The predicted molar refractivity (Wildman–Crippen MR) is 109 cm³/mol. The van der Waals surface area contributed by atoms with Crippen LogP contribution in [0.25, 0.3) is 0 Å². The highest BCUT2D eigenvalue weighted by molar-refractivity contribution is 5.89. The summed E-state index contributed by atoms with van der Waals surface area (Å²) in [7, 11) is 1.40. The minimum atomic E-state index is -0.889. The van der Waals surface area contributed by atoms with Gasteiger partial charge in [0.05, 0.1) is 13.5 Å². The van der Waals surface area contributed by atoms with E-state index in [4.69, 9.17) is 4.74 Å². The molecule has 1 aromatic carbocycles. The number of ether oxygens (including phenoxy) is 1. The van der Waals surface area contributed by atoms with Crippen LogP contribution in [-0.4, -0.2) is 24.5 Å². The summed E-state index contributed by atoms with van der Waals surface area (Å²) < 4.78 is 5.07. The molecule has 0 heterocycles. The number of hydrogen-bond donors (Lipinski definition) is 1. The van der Waals surface area contributed by atoms with E-state index in [1.807, 2.05) is 13.8 Å². The largest absolute Gasteiger partial charge is 0.467 e. The highest BCUT2D eigenvalue weighted by Gasteiger charge is 2.45. The first kappa shape index (κ1) is 21.5. The summed E-state index contributed by atoms with van der Waals surface area (Å²) in [5, 5.41) is 3.06. The number of nitrogens with one attached hydrogen (secondary N) is 1. The molecule has 1 amide bonds. The number of amides is 1. The van der Waals surface area contributed by atoms with E-state index in [1.54, 1.807) is 0 Å². The van der Waals surface area contributed by atoms with Gasteiger partial charge in [-0.2, -0.15) is 0 Å². The van der Waals surface area contributed by atoms with Crippen LogP contribution in [0.3, 0.4) is 0 Å². The molecule has 4 heteroatoms. The molecule has 0 unspecified atom stereocenters. The third-order valence-corrected chi connectivity index (χ3v) is 6.20. The van der Waals surface area contributed by atoms with Gasteiger partial charge in [-0.05, 0) is 74.5 Å². The molecule has 1 aromatic rings. The molecule has 1 aliphatic carbocycles. The maximum absolute atomic E-state index is 12.9. The van der Waals surface area contributed by atoms with Crippen LogP contribution < -0.4 is 5.32 Å². The number of carbonyl (C=O) groups is 2. The molecule has 0 atom stereocenters. The Kier molecular flexibility index (Phi) is 6.39. The lowest BCUT2D eigenvalue weighted by Crippen LogP contribution is -2.57. The molecular weight excluding hydrogens is 338 g/mol. The van der Waals surface area contributed by atoms with Crippen LogP contribution in [0.2, 0.25) is 0 Å². The number of hydrogen-bond acceptors (Lipinski definition) is 3. The Bertz CT molecular complexity index is 684. The average Bonchev–Trinajstić information content (AvgIpc) is 2.57. The maximum atomic E-state index is 12.9. The molecule has 1 saturated carbocycles. The SMILES string of the molecule is COC(=O)C1(NC(=O)Cc2c(C)cc(C)cc2C)CCC(C(C)(C)C)CC1. The number of methoxy groups -OCH3 is 1. The Hall–Kier alpha value is -1.84. The second-order valence-corrected chi connectivity index (χ2v) is 9.32. The fraction of sp³-hybridized carbons (Fsp3) is 0.652. The minimum Gasteiger partial charge on any atom is -0.467 e. The molecule has 150 valence electrons. The molecule has 0 aliphatic heterocycles. The fourth-order valence-corrected chi connectivity index (χ4v) is 4.51. The van der Waals surface area contributed by atoms with E-state index in [-0.39, 0.29) is 17.3 Å². The van der Waals surface area contributed by atoms with Crippen molar-refractivity contribution >= 4 is 11.9 Å². The zero-order valence-electron chi connectivity index (χ0n) is 18.0. The van der Waals surface area contributed by atoms with Crippen molar-refractivity contribution in [2.24, 2.45) is 11.3 Å². The molecule has 0 bridgehead atoms. The highest BCUT2D eigenvalue weighted by Crippen LogP contribution is 2.42. The van der Waals surface area contributed by atoms with Crippen molar-refractivity contribution in [2.75, 3.05) is 7.11 Å². The lowest BCUT2D eigenvalue weighted by Gasteiger charge is -2.42. The Labute approximate surface area is 164 Å². The van der Waals surface area contributed by atoms with Crippen LogP contribution >= 0.6 is 0 Å². The predicted octanol–water partition coefficient (Wildman–Crippen LogP) is 4.42. The van der Waals surface area contributed by atoms with Crippen molar-refractivity contribution in [3.05, 3.63) is 34.4 Å². The van der Waals surface area contributed by atoms with Crippen LogP contribution in [-0.2, 0) is 20.7 Å². The Morgan fingerprint density at radius 2 is 1.63 bits per heavy atom. The topological polar surface area (TPSA) is 55.4 Å². The quantitative estimate of drug-likeness (QED) is 0.795. The van der Waals surface area contributed by atoms with Gasteiger partial charge in [-0.1, -0.05) is 38.5 Å². The van der Waals surface area contributed by atoms with Crippen LogP contribution in [0.5, 0.6) is 0 Å². The first-order chi connectivity index (χ1) is 12.5. The molecule has 0 saturated heterocycles. The van der Waals surface area contributed by atoms with Gasteiger partial charge in [0.15, 0.2) is 0 Å². The van der Waals surface area contributed by atoms with Crippen molar-refractivity contribution < 1.29 is 14.3 Å². The molecule has 4 nitrogen and oxygen atoms in total. The fourth-order valence-electron chi connectivity index (χ4n) is 4.51. The van der Waals surface area contributed by atoms with Crippen LogP contribution in [0.15, 0.2) is 12.1 Å². The third-order valence-electron chi connectivity index (χ3n) is 6.20. The second kappa shape index (κ2) is 8.04. The van der Waals surface area contributed by atoms with Gasteiger partial charge >= 0.3 is 5.97 Å². The Morgan fingerprint density at radius 1 is 1.11 bits per heavy atom. The van der Waals surface area contributed by atoms with Gasteiger partial charge in [-0.3, -0.25) is 4.79 Å². The van der Waals surface area contributed by atoms with Gasteiger partial charge in [0.2, 0.25) is 5.91 Å². The van der Waals surface area contributed by atoms with Gasteiger partial charge in [-0.15, -0.1) is 0 Å². The van der Waals surface area contributed by atoms with Crippen molar-refractivity contribution in [1.82, 2.24) is 5.32 Å². The Morgan fingerprint density at radius 3 is 2.07 bits per heavy atom. The van der Waals surface area contributed by atoms with E-state index in [9.17, 15) is 9.59 Å². The molecular formula is C23H35NO3. The number of carbonyl (C=O) groups excluding carboxylic acids is 2. The average molecular weight is 374 g/mol. The molecule has 1 fully saturated rings. The molecule has 0 radical (unpaired) electrons. The summed E-state index contributed by atoms with van der Waals surface area (Å²) in [6.45, 7) is 12.9. The van der Waals surface area contributed by atoms with Crippen molar-refractivity contribution in [3.63, 3.8) is 0 Å². The normalized spacial score (nSPS) is 23.0. The van der Waals surface area contributed by atoms with E-state index in [2.05, 4.69) is 45.1 Å². The van der Waals surface area contributed by atoms with Crippen molar-refractivity contribution in [2.45, 2.75) is 79.2 Å². The van der Waals surface area contributed by atoms with E-state index >= 15 is 0 Å². The van der Waals surface area contributed by atoms with Gasteiger partial charge in [0.1, 0.15) is 5.54 Å². The summed E-state index contributed by atoms with van der Waals surface area (Å²) >= 11 is 0. The van der Waals surface area contributed by atoms with E-state index < -0.39 is 5.54 Å². The monoisotopic (exact) mass is 373 g/mol. The first-order valence-corrected chi connectivity index (χ1v) is 9.94. The van der Waals surface area contributed by atoms with Gasteiger partial charge < -0.3 is 10.1 Å². The summed E-state index contributed by atoms with van der Waals surface area (Å²) in [4.78, 5) is 25.4. The minimum absolute atomic E-state index is 0.107. The van der Waals surface area contributed by atoms with E-state index in [0.717, 1.165) is 29.5 Å². The first-order valence-electron chi connectivity index (χ1n) is 9.94. The maximum Gasteiger partial charge on any atom is 0.331 e. The summed E-state index contributed by atoms with van der Waals surface area (Å²) in [5.74, 6) is 0.124. The lowest BCUT2D eigenvalue weighted by atomic mass is 9.67. The number of rotatable bonds is 4. The Balaban J connectivity index is 2.16.